The van der Waals surface area contributed by atoms with Gasteiger partial charge in [-0.3, -0.25) is 9.78 Å². The Bertz CT molecular complexity index is 586. The molecule has 1 aliphatic carbocycles. The van der Waals surface area contributed by atoms with E-state index in [-0.39, 0.29) is 11.9 Å². The summed E-state index contributed by atoms with van der Waals surface area (Å²) in [4.78, 5) is 16.2. The largest absolute Gasteiger partial charge is 0.426 e. The second-order valence-corrected chi connectivity index (χ2v) is 5.52. The number of carbonyl (C=O) groups is 1. The first-order chi connectivity index (χ1) is 10.3. The minimum atomic E-state index is -0.0798. The van der Waals surface area contributed by atoms with Gasteiger partial charge in [0.25, 0.3) is 0 Å². The fourth-order valence-corrected chi connectivity index (χ4v) is 2.79. The molecule has 0 spiro atoms. The van der Waals surface area contributed by atoms with Gasteiger partial charge in [-0.2, -0.15) is 0 Å². The van der Waals surface area contributed by atoms with Gasteiger partial charge in [-0.25, -0.2) is 0 Å². The number of aromatic nitrogens is 1. The first-order valence-corrected chi connectivity index (χ1v) is 7.55. The zero-order valence-corrected chi connectivity index (χ0v) is 12.0. The molecule has 3 rings (SSSR count). The van der Waals surface area contributed by atoms with Gasteiger partial charge < -0.3 is 4.74 Å². The average molecular weight is 281 g/mol. The minimum absolute atomic E-state index is 0.0798. The lowest BCUT2D eigenvalue weighted by Crippen LogP contribution is -2.22. The molecule has 1 saturated carbocycles. The lowest BCUT2D eigenvalue weighted by Gasteiger charge is -2.19. The molecule has 1 fully saturated rings. The maximum atomic E-state index is 12.1. The molecule has 21 heavy (non-hydrogen) atoms. The van der Waals surface area contributed by atoms with Crippen molar-refractivity contribution in [1.82, 2.24) is 4.98 Å². The van der Waals surface area contributed by atoms with E-state index in [2.05, 4.69) is 4.98 Å². The van der Waals surface area contributed by atoms with Gasteiger partial charge in [0.15, 0.2) is 0 Å². The van der Waals surface area contributed by atoms with Crippen molar-refractivity contribution in [2.45, 2.75) is 32.1 Å². The summed E-state index contributed by atoms with van der Waals surface area (Å²) in [6.45, 7) is 0. The SMILES string of the molecule is O=C(Oc1ccc(-c2cccnc2)cc1)C1CCCCC1. The van der Waals surface area contributed by atoms with Crippen LogP contribution in [0.4, 0.5) is 0 Å². The molecular formula is C18H19NO2. The van der Waals surface area contributed by atoms with E-state index in [4.69, 9.17) is 4.74 Å². The number of benzene rings is 1. The maximum Gasteiger partial charge on any atom is 0.314 e. The number of esters is 1. The minimum Gasteiger partial charge on any atom is -0.426 e. The van der Waals surface area contributed by atoms with Crippen LogP contribution < -0.4 is 4.74 Å². The normalized spacial score (nSPS) is 15.6. The predicted molar refractivity (Wildman–Crippen MR) is 81.9 cm³/mol. The Balaban J connectivity index is 1.65. The Morgan fingerprint density at radius 1 is 1.00 bits per heavy atom. The van der Waals surface area contributed by atoms with E-state index >= 15 is 0 Å². The molecule has 1 aliphatic rings. The summed E-state index contributed by atoms with van der Waals surface area (Å²) >= 11 is 0. The first-order valence-electron chi connectivity index (χ1n) is 7.55. The Morgan fingerprint density at radius 3 is 2.43 bits per heavy atom. The van der Waals surface area contributed by atoms with Crippen molar-refractivity contribution in [3.8, 4) is 16.9 Å². The highest BCUT2D eigenvalue weighted by atomic mass is 16.5. The van der Waals surface area contributed by atoms with Crippen LogP contribution in [0.3, 0.4) is 0 Å². The number of nitrogens with zero attached hydrogens (tertiary/aromatic N) is 1. The summed E-state index contributed by atoms with van der Waals surface area (Å²) < 4.78 is 5.49. The Hall–Kier alpha value is -2.16. The van der Waals surface area contributed by atoms with Crippen LogP contribution in [-0.2, 0) is 4.79 Å². The first kappa shape index (κ1) is 13.8. The van der Waals surface area contributed by atoms with E-state index < -0.39 is 0 Å². The fourth-order valence-electron chi connectivity index (χ4n) is 2.79. The Morgan fingerprint density at radius 2 is 1.76 bits per heavy atom. The van der Waals surface area contributed by atoms with Crippen LogP contribution in [0.1, 0.15) is 32.1 Å². The molecule has 1 heterocycles. The number of hydrogen-bond acceptors (Lipinski definition) is 3. The summed E-state index contributed by atoms with van der Waals surface area (Å²) in [5.74, 6) is 0.624. The molecule has 0 saturated heterocycles. The molecule has 3 nitrogen and oxygen atoms in total. The molecule has 0 atom stereocenters. The fraction of sp³-hybridized carbons (Fsp3) is 0.333. The van der Waals surface area contributed by atoms with Crippen LogP contribution in [-0.4, -0.2) is 11.0 Å². The summed E-state index contributed by atoms with van der Waals surface area (Å²) in [6, 6.07) is 11.5. The van der Waals surface area contributed by atoms with Gasteiger partial charge in [-0.1, -0.05) is 37.5 Å². The topological polar surface area (TPSA) is 39.2 Å². The van der Waals surface area contributed by atoms with Gasteiger partial charge in [0.2, 0.25) is 0 Å². The van der Waals surface area contributed by atoms with Crippen LogP contribution in [0.5, 0.6) is 5.75 Å². The molecule has 1 aromatic heterocycles. The van der Waals surface area contributed by atoms with Crippen molar-refractivity contribution >= 4 is 5.97 Å². The van der Waals surface area contributed by atoms with E-state index in [0.29, 0.717) is 5.75 Å². The van der Waals surface area contributed by atoms with Gasteiger partial charge in [-0.15, -0.1) is 0 Å². The number of ether oxygens (including phenoxy) is 1. The monoisotopic (exact) mass is 281 g/mol. The third-order valence-corrected chi connectivity index (χ3v) is 4.01. The molecular weight excluding hydrogens is 262 g/mol. The van der Waals surface area contributed by atoms with Crippen molar-refractivity contribution in [1.29, 1.82) is 0 Å². The van der Waals surface area contributed by atoms with Crippen LogP contribution in [0.15, 0.2) is 48.8 Å². The molecule has 108 valence electrons. The number of rotatable bonds is 3. The van der Waals surface area contributed by atoms with Crippen LogP contribution in [0.2, 0.25) is 0 Å². The lowest BCUT2D eigenvalue weighted by molar-refractivity contribution is -0.139. The third kappa shape index (κ3) is 3.48. The average Bonchev–Trinajstić information content (AvgIpc) is 2.57. The lowest BCUT2D eigenvalue weighted by atomic mass is 9.89. The van der Waals surface area contributed by atoms with Crippen molar-refractivity contribution in [2.75, 3.05) is 0 Å². The highest BCUT2D eigenvalue weighted by Gasteiger charge is 2.22. The Kier molecular flexibility index (Phi) is 4.29. The van der Waals surface area contributed by atoms with Gasteiger partial charge in [0.05, 0.1) is 5.92 Å². The maximum absolute atomic E-state index is 12.1. The number of hydrogen-bond donors (Lipinski definition) is 0. The molecule has 0 radical (unpaired) electrons. The van der Waals surface area contributed by atoms with E-state index in [0.717, 1.165) is 36.8 Å². The van der Waals surface area contributed by atoms with E-state index in [9.17, 15) is 4.79 Å². The number of pyridine rings is 1. The van der Waals surface area contributed by atoms with E-state index in [1.165, 1.54) is 6.42 Å². The highest BCUT2D eigenvalue weighted by molar-refractivity contribution is 5.75. The van der Waals surface area contributed by atoms with Gasteiger partial charge in [0.1, 0.15) is 5.75 Å². The molecule has 0 bridgehead atoms. The number of carbonyl (C=O) groups excluding carboxylic acids is 1. The molecule has 1 aromatic carbocycles. The zero-order valence-electron chi connectivity index (χ0n) is 12.0. The second-order valence-electron chi connectivity index (χ2n) is 5.52. The van der Waals surface area contributed by atoms with Gasteiger partial charge >= 0.3 is 5.97 Å². The van der Waals surface area contributed by atoms with E-state index in [1.54, 1.807) is 6.20 Å². The van der Waals surface area contributed by atoms with Crippen molar-refractivity contribution < 1.29 is 9.53 Å². The molecule has 2 aromatic rings. The molecule has 0 amide bonds. The molecule has 0 N–H and O–H groups in total. The summed E-state index contributed by atoms with van der Waals surface area (Å²) in [5, 5.41) is 0. The van der Waals surface area contributed by atoms with E-state index in [1.807, 2.05) is 42.6 Å². The van der Waals surface area contributed by atoms with Gasteiger partial charge in [-0.05, 0) is 42.2 Å². The molecule has 0 aliphatic heterocycles. The second kappa shape index (κ2) is 6.53. The molecule has 0 unspecified atom stereocenters. The van der Waals surface area contributed by atoms with Gasteiger partial charge in [0, 0.05) is 12.4 Å². The molecule has 3 heteroatoms. The standard InChI is InChI=1S/C18H19NO2/c20-18(15-5-2-1-3-6-15)21-17-10-8-14(9-11-17)16-7-4-12-19-13-16/h4,7-13,15H,1-3,5-6H2. The smallest absolute Gasteiger partial charge is 0.314 e. The Labute approximate surface area is 125 Å². The zero-order chi connectivity index (χ0) is 14.5. The van der Waals surface area contributed by atoms with Crippen LogP contribution >= 0.6 is 0 Å². The summed E-state index contributed by atoms with van der Waals surface area (Å²) in [5.41, 5.74) is 2.13. The quantitative estimate of drug-likeness (QED) is 0.624. The van der Waals surface area contributed by atoms with Crippen LogP contribution in [0.25, 0.3) is 11.1 Å². The highest BCUT2D eigenvalue weighted by Crippen LogP contribution is 2.26. The van der Waals surface area contributed by atoms with Crippen molar-refractivity contribution in [2.24, 2.45) is 5.92 Å². The van der Waals surface area contributed by atoms with Crippen LogP contribution in [0, 0.1) is 5.92 Å². The van der Waals surface area contributed by atoms with Crippen molar-refractivity contribution in [3.63, 3.8) is 0 Å². The summed E-state index contributed by atoms with van der Waals surface area (Å²) in [7, 11) is 0. The third-order valence-electron chi connectivity index (χ3n) is 4.01. The summed E-state index contributed by atoms with van der Waals surface area (Å²) in [6.07, 6.45) is 9.02. The predicted octanol–water partition coefficient (Wildman–Crippen LogP) is 4.23. The van der Waals surface area contributed by atoms with Crippen molar-refractivity contribution in [3.05, 3.63) is 48.8 Å².